The number of unbranched alkanes of at least 4 members (excludes halogenated alkanes) is 2. The summed E-state index contributed by atoms with van der Waals surface area (Å²) < 4.78 is 0. The van der Waals surface area contributed by atoms with Crippen LogP contribution in [0.1, 0.15) is 36.8 Å². The van der Waals surface area contributed by atoms with Gasteiger partial charge >= 0.3 is 5.97 Å². The number of aromatic nitrogens is 1. The number of carboxylic acid groups (broad SMARTS) is 1. The molecule has 166 valence electrons. The van der Waals surface area contributed by atoms with E-state index in [0.717, 1.165) is 38.0 Å². The third-order valence-electron chi connectivity index (χ3n) is 5.66. The number of carboxylic acids is 1. The average Bonchev–Trinajstić information content (AvgIpc) is 2.93. The molecule has 1 aliphatic heterocycles. The molecule has 1 aromatic heterocycles. The van der Waals surface area contributed by atoms with Crippen LogP contribution < -0.4 is 10.6 Å². The number of amides is 1. The number of fused-ring (bicyclic) bond motifs is 1. The zero-order valence-corrected chi connectivity index (χ0v) is 17.9. The molecule has 1 aromatic carbocycles. The summed E-state index contributed by atoms with van der Waals surface area (Å²) in [5.41, 5.74) is 2.44. The molecule has 0 radical (unpaired) electrons. The average molecular weight is 425 g/mol. The monoisotopic (exact) mass is 424 g/mol. The highest BCUT2D eigenvalue weighted by atomic mass is 16.4. The van der Waals surface area contributed by atoms with Gasteiger partial charge < -0.3 is 15.7 Å². The summed E-state index contributed by atoms with van der Waals surface area (Å²) in [5, 5.41) is 15.6. The van der Waals surface area contributed by atoms with Crippen LogP contribution in [-0.2, 0) is 22.4 Å². The summed E-state index contributed by atoms with van der Waals surface area (Å²) in [6.07, 6.45) is 6.26. The van der Waals surface area contributed by atoms with Crippen molar-refractivity contribution < 1.29 is 14.7 Å². The number of pyridine rings is 1. The zero-order valence-electron chi connectivity index (χ0n) is 17.9. The third kappa shape index (κ3) is 7.68. The fourth-order valence-corrected chi connectivity index (χ4v) is 4.02. The number of hydrogen-bond donors (Lipinski definition) is 3. The predicted octanol–water partition coefficient (Wildman–Crippen LogP) is 2.72. The predicted molar refractivity (Wildman–Crippen MR) is 121 cm³/mol. The van der Waals surface area contributed by atoms with E-state index in [4.69, 9.17) is 0 Å². The zero-order chi connectivity index (χ0) is 21.9. The number of benzene rings is 1. The van der Waals surface area contributed by atoms with Gasteiger partial charge in [0.25, 0.3) is 0 Å². The summed E-state index contributed by atoms with van der Waals surface area (Å²) in [5.74, 6) is 0.0216. The third-order valence-corrected chi connectivity index (χ3v) is 5.66. The largest absolute Gasteiger partial charge is 0.481 e. The van der Waals surface area contributed by atoms with E-state index < -0.39 is 5.97 Å². The molecule has 1 unspecified atom stereocenters. The van der Waals surface area contributed by atoms with Gasteiger partial charge in [0, 0.05) is 31.9 Å². The Hall–Kier alpha value is -2.93. The Labute approximate surface area is 183 Å². The fourth-order valence-electron chi connectivity index (χ4n) is 4.02. The quantitative estimate of drug-likeness (QED) is 0.480. The summed E-state index contributed by atoms with van der Waals surface area (Å²) in [6, 6.07) is 13.8. The van der Waals surface area contributed by atoms with Crippen molar-refractivity contribution in [1.29, 1.82) is 0 Å². The number of nitrogens with zero attached hydrogens (tertiary/aromatic N) is 2. The molecule has 1 amide bonds. The molecule has 3 rings (SSSR count). The summed E-state index contributed by atoms with van der Waals surface area (Å²) >= 11 is 0. The van der Waals surface area contributed by atoms with E-state index in [2.05, 4.69) is 27.8 Å². The first-order valence-electron chi connectivity index (χ1n) is 11.1. The summed E-state index contributed by atoms with van der Waals surface area (Å²) in [4.78, 5) is 30.1. The van der Waals surface area contributed by atoms with Crippen LogP contribution in [-0.4, -0.2) is 59.1 Å². The second-order valence-corrected chi connectivity index (χ2v) is 8.00. The van der Waals surface area contributed by atoms with Crippen molar-refractivity contribution in [1.82, 2.24) is 15.2 Å². The van der Waals surface area contributed by atoms with Crippen molar-refractivity contribution in [3.05, 3.63) is 59.8 Å². The second kappa shape index (κ2) is 12.1. The van der Waals surface area contributed by atoms with E-state index in [-0.39, 0.29) is 24.9 Å². The van der Waals surface area contributed by atoms with Crippen LogP contribution in [0.15, 0.2) is 48.7 Å². The van der Waals surface area contributed by atoms with Gasteiger partial charge in [-0.15, -0.1) is 0 Å². The van der Waals surface area contributed by atoms with Gasteiger partial charge in [-0.05, 0) is 55.4 Å². The molecular weight excluding hydrogens is 392 g/mol. The fraction of sp³-hybridized carbons (Fsp3) is 0.458. The normalized spacial score (nSPS) is 16.2. The van der Waals surface area contributed by atoms with Gasteiger partial charge in [0.15, 0.2) is 0 Å². The van der Waals surface area contributed by atoms with Gasteiger partial charge in [0.05, 0.1) is 13.0 Å². The maximum Gasteiger partial charge on any atom is 0.304 e. The van der Waals surface area contributed by atoms with Crippen LogP contribution in [0.4, 0.5) is 5.82 Å². The number of rotatable bonds is 11. The van der Waals surface area contributed by atoms with E-state index in [0.29, 0.717) is 19.5 Å². The second-order valence-electron chi connectivity index (χ2n) is 8.00. The lowest BCUT2D eigenvalue weighted by atomic mass is 9.99. The lowest BCUT2D eigenvalue weighted by molar-refractivity contribution is -0.139. The molecule has 1 aliphatic rings. The van der Waals surface area contributed by atoms with Gasteiger partial charge in [-0.2, -0.15) is 0 Å². The van der Waals surface area contributed by atoms with Crippen molar-refractivity contribution >= 4 is 17.7 Å². The van der Waals surface area contributed by atoms with Gasteiger partial charge in [0.1, 0.15) is 5.82 Å². The number of carbonyl (C=O) groups excluding carboxylic acids is 1. The van der Waals surface area contributed by atoms with Crippen molar-refractivity contribution in [3.8, 4) is 0 Å². The molecule has 0 fully saturated rings. The Bertz CT molecular complexity index is 844. The lowest BCUT2D eigenvalue weighted by Crippen LogP contribution is -2.45. The van der Waals surface area contributed by atoms with E-state index in [1.54, 1.807) is 6.20 Å². The first-order chi connectivity index (χ1) is 15.1. The van der Waals surface area contributed by atoms with Crippen LogP contribution in [0.5, 0.6) is 0 Å². The SMILES string of the molecule is O=C(O)CC1Cc2ccccc2CCN1CC(=O)NCCCCCNc1ccccn1. The molecule has 0 aliphatic carbocycles. The Morgan fingerprint density at radius 1 is 1.03 bits per heavy atom. The van der Waals surface area contributed by atoms with Crippen molar-refractivity contribution in [2.45, 2.75) is 44.6 Å². The molecule has 2 aromatic rings. The maximum atomic E-state index is 12.5. The number of anilines is 1. The van der Waals surface area contributed by atoms with Crippen LogP contribution >= 0.6 is 0 Å². The van der Waals surface area contributed by atoms with Gasteiger partial charge in [-0.3, -0.25) is 14.5 Å². The topological polar surface area (TPSA) is 94.6 Å². The van der Waals surface area contributed by atoms with Gasteiger partial charge in [0.2, 0.25) is 5.91 Å². The minimum atomic E-state index is -0.825. The Morgan fingerprint density at radius 3 is 2.58 bits per heavy atom. The minimum absolute atomic E-state index is 0.0343. The first-order valence-corrected chi connectivity index (χ1v) is 11.1. The van der Waals surface area contributed by atoms with Gasteiger partial charge in [-0.1, -0.05) is 30.3 Å². The van der Waals surface area contributed by atoms with E-state index in [1.165, 1.54) is 11.1 Å². The molecule has 31 heavy (non-hydrogen) atoms. The van der Waals surface area contributed by atoms with Crippen molar-refractivity contribution in [3.63, 3.8) is 0 Å². The standard InChI is InChI=1S/C24H32N4O3/c29-23(27-14-6-1-5-12-25-22-10-4-7-13-26-22)18-28-15-11-19-8-2-3-9-20(19)16-21(28)17-24(30)31/h2-4,7-10,13,21H,1,5-6,11-12,14-18H2,(H,25,26)(H,27,29)(H,30,31). The van der Waals surface area contributed by atoms with Crippen LogP contribution in [0.25, 0.3) is 0 Å². The molecular formula is C24H32N4O3. The Morgan fingerprint density at radius 2 is 1.81 bits per heavy atom. The number of hydrogen-bond acceptors (Lipinski definition) is 5. The molecule has 0 spiro atoms. The van der Waals surface area contributed by atoms with Gasteiger partial charge in [-0.25, -0.2) is 4.98 Å². The van der Waals surface area contributed by atoms with E-state index >= 15 is 0 Å². The number of nitrogens with one attached hydrogen (secondary N) is 2. The molecule has 0 bridgehead atoms. The molecule has 7 nitrogen and oxygen atoms in total. The number of carbonyl (C=O) groups is 2. The highest BCUT2D eigenvalue weighted by Crippen LogP contribution is 2.21. The summed E-state index contributed by atoms with van der Waals surface area (Å²) in [6.45, 7) is 2.44. The minimum Gasteiger partial charge on any atom is -0.481 e. The molecule has 3 N–H and O–H groups in total. The molecule has 2 heterocycles. The van der Waals surface area contributed by atoms with Crippen LogP contribution in [0, 0.1) is 0 Å². The molecule has 0 saturated carbocycles. The highest BCUT2D eigenvalue weighted by molar-refractivity contribution is 5.78. The Balaban J connectivity index is 1.37. The highest BCUT2D eigenvalue weighted by Gasteiger charge is 2.27. The Kier molecular flexibility index (Phi) is 8.84. The van der Waals surface area contributed by atoms with Crippen LogP contribution in [0.3, 0.4) is 0 Å². The smallest absolute Gasteiger partial charge is 0.304 e. The van der Waals surface area contributed by atoms with E-state index in [9.17, 15) is 14.7 Å². The molecule has 7 heteroatoms. The van der Waals surface area contributed by atoms with E-state index in [1.807, 2.05) is 35.2 Å². The lowest BCUT2D eigenvalue weighted by Gasteiger charge is -2.28. The van der Waals surface area contributed by atoms with Crippen molar-refractivity contribution in [2.24, 2.45) is 0 Å². The maximum absolute atomic E-state index is 12.5. The molecule has 0 saturated heterocycles. The molecule has 1 atom stereocenters. The van der Waals surface area contributed by atoms with Crippen LogP contribution in [0.2, 0.25) is 0 Å². The van der Waals surface area contributed by atoms with Crippen molar-refractivity contribution in [2.75, 3.05) is 31.5 Å². The number of aliphatic carboxylic acids is 1. The first kappa shape index (κ1) is 22.7. The summed E-state index contributed by atoms with van der Waals surface area (Å²) in [7, 11) is 0.